The quantitative estimate of drug-likeness (QED) is 0.248. The van der Waals surface area contributed by atoms with Gasteiger partial charge in [0.25, 0.3) is 0 Å². The highest BCUT2D eigenvalue weighted by Gasteiger charge is 2.35. The summed E-state index contributed by atoms with van der Waals surface area (Å²) in [5, 5.41) is 2.33. The molecule has 0 atom stereocenters. The first-order chi connectivity index (χ1) is 15.7. The van der Waals surface area contributed by atoms with Gasteiger partial charge in [0.05, 0.1) is 0 Å². The summed E-state index contributed by atoms with van der Waals surface area (Å²) in [7, 11) is -4.17. The monoisotopic (exact) mass is 443 g/mol. The summed E-state index contributed by atoms with van der Waals surface area (Å²) in [6.45, 7) is 0. The topological polar surface area (TPSA) is 92.1 Å². The van der Waals surface area contributed by atoms with Crippen LogP contribution in [0.2, 0.25) is 0 Å². The number of aromatic amines is 3. The molecule has 0 aliphatic carbocycles. The Morgan fingerprint density at radius 3 is 1.19 bits per heavy atom. The van der Waals surface area contributed by atoms with Gasteiger partial charge in [-0.2, -0.15) is 4.57 Å². The molecule has 8 heteroatoms. The zero-order valence-corrected chi connectivity index (χ0v) is 17.6. The second-order valence-electron chi connectivity index (χ2n) is 7.31. The van der Waals surface area contributed by atoms with Gasteiger partial charge in [-0.05, 0) is 54.6 Å². The standard InChI is InChI=1S/C24H18N3O4P/c28-32(29-22-7-1-4-19-16(22)10-13-25-19,30-23-8-2-5-20-17(23)11-14-26-20)31-24-9-3-6-21-18(24)12-15-27-21/h1-15,25-27H. The van der Waals surface area contributed by atoms with Crippen LogP contribution in [0.3, 0.4) is 0 Å². The Balaban J connectivity index is 1.46. The van der Waals surface area contributed by atoms with E-state index in [2.05, 4.69) is 15.0 Å². The molecule has 3 heterocycles. The van der Waals surface area contributed by atoms with Crippen LogP contribution < -0.4 is 13.6 Å². The molecule has 0 aliphatic heterocycles. The number of nitrogens with one attached hydrogen (secondary N) is 3. The third kappa shape index (κ3) is 3.20. The Morgan fingerprint density at radius 1 is 0.500 bits per heavy atom. The Morgan fingerprint density at radius 2 is 0.844 bits per heavy atom. The predicted molar refractivity (Wildman–Crippen MR) is 124 cm³/mol. The van der Waals surface area contributed by atoms with Crippen LogP contribution in [0.1, 0.15) is 0 Å². The van der Waals surface area contributed by atoms with Crippen molar-refractivity contribution >= 4 is 40.5 Å². The van der Waals surface area contributed by atoms with Gasteiger partial charge < -0.3 is 28.5 Å². The SMILES string of the molecule is O=P(Oc1cccc2[nH]ccc12)(Oc1cccc2[nH]ccc12)Oc1cccc2[nH]ccc12. The number of hydrogen-bond donors (Lipinski definition) is 3. The van der Waals surface area contributed by atoms with Gasteiger partial charge in [0.1, 0.15) is 17.2 Å². The largest absolute Gasteiger partial charge is 0.647 e. The molecule has 3 aromatic carbocycles. The number of hydrogen-bond acceptors (Lipinski definition) is 4. The number of aromatic nitrogens is 3. The number of H-pyrrole nitrogens is 3. The average molecular weight is 443 g/mol. The molecular formula is C24H18N3O4P. The van der Waals surface area contributed by atoms with Crippen molar-refractivity contribution in [2.75, 3.05) is 0 Å². The normalized spacial score (nSPS) is 11.9. The van der Waals surface area contributed by atoms with Gasteiger partial charge >= 0.3 is 7.82 Å². The molecule has 6 rings (SSSR count). The molecule has 0 bridgehead atoms. The summed E-state index contributed by atoms with van der Waals surface area (Å²) in [5.74, 6) is 1.19. The Labute approximate surface area is 182 Å². The number of rotatable bonds is 6. The van der Waals surface area contributed by atoms with Gasteiger partial charge in [-0.1, -0.05) is 18.2 Å². The summed E-state index contributed by atoms with van der Waals surface area (Å²) in [5.41, 5.74) is 2.57. The van der Waals surface area contributed by atoms with Crippen molar-refractivity contribution in [3.8, 4) is 17.2 Å². The summed E-state index contributed by atoms with van der Waals surface area (Å²) in [6, 6.07) is 22.0. The third-order valence-electron chi connectivity index (χ3n) is 5.30. The maximum atomic E-state index is 14.1. The van der Waals surface area contributed by atoms with E-state index in [0.29, 0.717) is 17.2 Å². The van der Waals surface area contributed by atoms with Gasteiger partial charge in [-0.25, -0.2) is 0 Å². The van der Waals surface area contributed by atoms with Gasteiger partial charge in [-0.15, -0.1) is 0 Å². The lowest BCUT2D eigenvalue weighted by Gasteiger charge is -2.20. The van der Waals surface area contributed by atoms with Crippen LogP contribution >= 0.6 is 7.82 Å². The molecular weight excluding hydrogens is 425 g/mol. The zero-order valence-electron chi connectivity index (χ0n) is 16.7. The van der Waals surface area contributed by atoms with Gasteiger partial charge in [0.15, 0.2) is 0 Å². The minimum absolute atomic E-state index is 0.398. The number of phosphoric ester groups is 1. The summed E-state index contributed by atoms with van der Waals surface area (Å²) >= 11 is 0. The molecule has 0 radical (unpaired) electrons. The van der Waals surface area contributed by atoms with Gasteiger partial charge in [0.2, 0.25) is 0 Å². The molecule has 32 heavy (non-hydrogen) atoms. The minimum atomic E-state index is -4.17. The van der Waals surface area contributed by atoms with Crippen LogP contribution in [0.25, 0.3) is 32.7 Å². The van der Waals surface area contributed by atoms with E-state index < -0.39 is 7.82 Å². The van der Waals surface area contributed by atoms with Crippen molar-refractivity contribution in [3.05, 3.63) is 91.4 Å². The lowest BCUT2D eigenvalue weighted by Crippen LogP contribution is -2.08. The van der Waals surface area contributed by atoms with Crippen molar-refractivity contribution < 1.29 is 18.1 Å². The second-order valence-corrected chi connectivity index (χ2v) is 8.75. The van der Waals surface area contributed by atoms with Crippen LogP contribution in [0.15, 0.2) is 91.4 Å². The Bertz CT molecular complexity index is 1420. The van der Waals surface area contributed by atoms with E-state index in [1.807, 2.05) is 54.6 Å². The van der Waals surface area contributed by atoms with E-state index in [-0.39, 0.29) is 0 Å². The summed E-state index contributed by atoms with van der Waals surface area (Å²) < 4.78 is 32.1. The van der Waals surface area contributed by atoms with Gasteiger partial charge in [-0.3, -0.25) is 0 Å². The first-order valence-corrected chi connectivity index (χ1v) is 11.5. The minimum Gasteiger partial charge on any atom is -0.385 e. The molecule has 0 spiro atoms. The molecule has 0 saturated carbocycles. The number of fused-ring (bicyclic) bond motifs is 3. The number of phosphoric acid groups is 1. The highest BCUT2D eigenvalue weighted by Crippen LogP contribution is 2.52. The third-order valence-corrected chi connectivity index (χ3v) is 6.56. The van der Waals surface area contributed by atoms with Crippen LogP contribution in [0.4, 0.5) is 0 Å². The number of benzene rings is 3. The van der Waals surface area contributed by atoms with Crippen molar-refractivity contribution in [1.82, 2.24) is 15.0 Å². The molecule has 0 unspecified atom stereocenters. The van der Waals surface area contributed by atoms with Crippen LogP contribution in [-0.2, 0) is 4.57 Å². The van der Waals surface area contributed by atoms with E-state index in [9.17, 15) is 4.57 Å². The molecule has 3 aromatic heterocycles. The Hall–Kier alpha value is -4.09. The van der Waals surface area contributed by atoms with Crippen LogP contribution in [-0.4, -0.2) is 15.0 Å². The van der Waals surface area contributed by atoms with Crippen molar-refractivity contribution in [1.29, 1.82) is 0 Å². The summed E-state index contributed by atoms with van der Waals surface area (Å²) in [4.78, 5) is 9.38. The van der Waals surface area contributed by atoms with E-state index in [1.165, 1.54) is 0 Å². The highest BCUT2D eigenvalue weighted by molar-refractivity contribution is 7.49. The predicted octanol–water partition coefficient (Wildman–Crippen LogP) is 6.78. The fourth-order valence-electron chi connectivity index (χ4n) is 3.83. The molecule has 158 valence electrons. The van der Waals surface area contributed by atoms with Crippen LogP contribution in [0.5, 0.6) is 17.2 Å². The fraction of sp³-hybridized carbons (Fsp3) is 0. The maximum absolute atomic E-state index is 14.1. The summed E-state index contributed by atoms with van der Waals surface area (Å²) in [6.07, 6.45) is 5.39. The smallest absolute Gasteiger partial charge is 0.385 e. The first-order valence-electron chi connectivity index (χ1n) is 10.1. The molecule has 0 fully saturated rings. The van der Waals surface area contributed by atoms with Gasteiger partial charge in [0, 0.05) is 51.3 Å². The molecule has 3 N–H and O–H groups in total. The average Bonchev–Trinajstić information content (AvgIpc) is 3.54. The molecule has 0 amide bonds. The lowest BCUT2D eigenvalue weighted by atomic mass is 10.2. The molecule has 0 saturated heterocycles. The lowest BCUT2D eigenvalue weighted by molar-refractivity contribution is 0.302. The van der Waals surface area contributed by atoms with Crippen LogP contribution in [0, 0.1) is 0 Å². The van der Waals surface area contributed by atoms with E-state index >= 15 is 0 Å². The second kappa shape index (κ2) is 7.25. The van der Waals surface area contributed by atoms with Crippen molar-refractivity contribution in [2.45, 2.75) is 0 Å². The van der Waals surface area contributed by atoms with E-state index in [1.54, 1.807) is 36.8 Å². The van der Waals surface area contributed by atoms with Crippen molar-refractivity contribution in [2.24, 2.45) is 0 Å². The highest BCUT2D eigenvalue weighted by atomic mass is 31.2. The Kier molecular flexibility index (Phi) is 4.23. The molecule has 6 aromatic rings. The fourth-order valence-corrected chi connectivity index (χ4v) is 5.14. The first kappa shape index (κ1) is 18.7. The maximum Gasteiger partial charge on any atom is 0.647 e. The zero-order chi connectivity index (χ0) is 21.5. The van der Waals surface area contributed by atoms with Crippen molar-refractivity contribution in [3.63, 3.8) is 0 Å². The van der Waals surface area contributed by atoms with E-state index in [0.717, 1.165) is 32.7 Å². The molecule has 0 aliphatic rings. The van der Waals surface area contributed by atoms with E-state index in [4.69, 9.17) is 13.6 Å². The molecule has 7 nitrogen and oxygen atoms in total.